The smallest absolute Gasteiger partial charge is 0.328 e. The Labute approximate surface area is 303 Å². The Balaban J connectivity index is 0.905. The quantitative estimate of drug-likeness (QED) is 0.151. The highest BCUT2D eigenvalue weighted by Crippen LogP contribution is 2.32. The number of fused-ring (bicyclic) bond motifs is 3. The number of imidazole rings is 1. The van der Waals surface area contributed by atoms with Crippen molar-refractivity contribution >= 4 is 45.4 Å². The number of pyridine rings is 2. The maximum Gasteiger partial charge on any atom is 0.328 e. The molecule has 2 N–H and O–H groups in total. The molecule has 1 fully saturated rings. The fourth-order valence-corrected chi connectivity index (χ4v) is 7.12. The van der Waals surface area contributed by atoms with Crippen LogP contribution >= 0.6 is 0 Å². The highest BCUT2D eigenvalue weighted by Gasteiger charge is 2.39. The number of carbonyl (C=O) groups is 4. The molecule has 1 unspecified atom stereocenters. The maximum atomic E-state index is 13.1. The van der Waals surface area contributed by atoms with Gasteiger partial charge in [-0.1, -0.05) is 42.2 Å². The standard InChI is InChI=1S/C41H33N7O5/c1-46-34-15-13-26(20-36(34)47(2)41(46)53)28-10-6-9-25-19-33(44-22-30(25)28)27-12-14-32(43-21-27)38(50)42-18-4-3-7-24-8-5-11-29-31(24)23-48(40(29)52)35-16-17-37(49)45-39(35)51/h5-6,8-15,19-22,35H,4,16-18,23H2,1-2H3,(H,42,50)(H,45,49,51). The predicted molar refractivity (Wildman–Crippen MR) is 198 cm³/mol. The summed E-state index contributed by atoms with van der Waals surface area (Å²) >= 11 is 0. The second kappa shape index (κ2) is 13.4. The van der Waals surface area contributed by atoms with Crippen molar-refractivity contribution in [1.82, 2.24) is 34.6 Å². The van der Waals surface area contributed by atoms with E-state index in [1.165, 1.54) is 4.90 Å². The number of amides is 4. The van der Waals surface area contributed by atoms with Gasteiger partial charge >= 0.3 is 5.69 Å². The van der Waals surface area contributed by atoms with Crippen LogP contribution in [0.5, 0.6) is 0 Å². The van der Waals surface area contributed by atoms with Gasteiger partial charge in [0.15, 0.2) is 0 Å². The van der Waals surface area contributed by atoms with Gasteiger partial charge in [-0.2, -0.15) is 0 Å². The number of piperidine rings is 1. The number of hydrogen-bond acceptors (Lipinski definition) is 7. The minimum atomic E-state index is -0.690. The van der Waals surface area contributed by atoms with Crippen LogP contribution < -0.4 is 16.3 Å². The van der Waals surface area contributed by atoms with Gasteiger partial charge < -0.3 is 10.2 Å². The predicted octanol–water partition coefficient (Wildman–Crippen LogP) is 4.09. The molecule has 5 heterocycles. The molecule has 12 nitrogen and oxygen atoms in total. The lowest BCUT2D eigenvalue weighted by Crippen LogP contribution is -2.52. The zero-order valence-corrected chi connectivity index (χ0v) is 29.0. The summed E-state index contributed by atoms with van der Waals surface area (Å²) in [6.07, 6.45) is 4.33. The number of nitrogens with zero attached hydrogens (tertiary/aromatic N) is 5. The van der Waals surface area contributed by atoms with E-state index in [1.807, 2.05) is 60.8 Å². The summed E-state index contributed by atoms with van der Waals surface area (Å²) in [7, 11) is 3.54. The third-order valence-electron chi connectivity index (χ3n) is 9.98. The van der Waals surface area contributed by atoms with E-state index in [1.54, 1.807) is 47.6 Å². The lowest BCUT2D eigenvalue weighted by Gasteiger charge is -2.29. The Morgan fingerprint density at radius 3 is 2.49 bits per heavy atom. The van der Waals surface area contributed by atoms with Crippen LogP contribution in [0.1, 0.15) is 51.2 Å². The minimum absolute atomic E-state index is 0.0707. The Hall–Kier alpha value is -6.87. The van der Waals surface area contributed by atoms with Crippen molar-refractivity contribution in [3.05, 3.63) is 118 Å². The SMILES string of the molecule is Cn1c(=O)n(C)c2cc(-c3cccc4cc(-c5ccc(C(=O)NCCC#Cc6cccc7c6CN(C6CCC(=O)NC6=O)C7=O)nc5)ncc34)ccc21. The number of nitrogens with one attached hydrogen (secondary N) is 2. The molecule has 0 saturated carbocycles. The molecule has 12 heteroatoms. The monoisotopic (exact) mass is 703 g/mol. The highest BCUT2D eigenvalue weighted by molar-refractivity contribution is 6.06. The summed E-state index contributed by atoms with van der Waals surface area (Å²) in [5.74, 6) is 4.83. The van der Waals surface area contributed by atoms with Gasteiger partial charge in [0.05, 0.1) is 16.7 Å². The van der Waals surface area contributed by atoms with E-state index in [-0.39, 0.29) is 42.1 Å². The molecule has 3 aromatic heterocycles. The maximum absolute atomic E-state index is 13.1. The van der Waals surface area contributed by atoms with Crippen LogP contribution in [-0.2, 0) is 30.2 Å². The molecule has 0 aliphatic carbocycles. The molecular formula is C41H33N7O5. The van der Waals surface area contributed by atoms with Gasteiger partial charge in [-0.25, -0.2) is 4.79 Å². The summed E-state index contributed by atoms with van der Waals surface area (Å²) in [6, 6.07) is 22.2. The lowest BCUT2D eigenvalue weighted by molar-refractivity contribution is -0.136. The summed E-state index contributed by atoms with van der Waals surface area (Å²) < 4.78 is 3.29. The van der Waals surface area contributed by atoms with Crippen LogP contribution in [0.4, 0.5) is 0 Å². The van der Waals surface area contributed by atoms with Gasteiger partial charge in [0, 0.05) is 74.5 Å². The molecule has 2 aliphatic heterocycles. The topological polar surface area (TPSA) is 148 Å². The van der Waals surface area contributed by atoms with Crippen LogP contribution in [0.3, 0.4) is 0 Å². The number of rotatable bonds is 6. The van der Waals surface area contributed by atoms with Crippen LogP contribution in [0.25, 0.3) is 44.2 Å². The van der Waals surface area contributed by atoms with Gasteiger partial charge in [-0.3, -0.25) is 43.6 Å². The average molecular weight is 704 g/mol. The van der Waals surface area contributed by atoms with Crippen molar-refractivity contribution in [2.75, 3.05) is 6.54 Å². The van der Waals surface area contributed by atoms with Crippen LogP contribution in [0, 0.1) is 11.8 Å². The van der Waals surface area contributed by atoms with Crippen molar-refractivity contribution in [2.24, 2.45) is 14.1 Å². The molecule has 3 aromatic carbocycles. The third kappa shape index (κ3) is 6.02. The van der Waals surface area contributed by atoms with Crippen molar-refractivity contribution in [2.45, 2.75) is 31.8 Å². The Morgan fingerprint density at radius 1 is 0.887 bits per heavy atom. The number of aromatic nitrogens is 4. The summed E-state index contributed by atoms with van der Waals surface area (Å²) in [5, 5.41) is 7.14. The Morgan fingerprint density at radius 2 is 1.68 bits per heavy atom. The molecule has 6 aromatic rings. The first-order chi connectivity index (χ1) is 25.7. The molecule has 4 amide bonds. The van der Waals surface area contributed by atoms with E-state index in [0.29, 0.717) is 30.5 Å². The molecule has 0 spiro atoms. The number of imide groups is 1. The van der Waals surface area contributed by atoms with Gasteiger partial charge in [-0.15, -0.1) is 0 Å². The fourth-order valence-electron chi connectivity index (χ4n) is 7.12. The minimum Gasteiger partial charge on any atom is -0.350 e. The normalized spacial score (nSPS) is 15.3. The number of carbonyl (C=O) groups excluding carboxylic acids is 4. The Bertz CT molecular complexity index is 2650. The van der Waals surface area contributed by atoms with Gasteiger partial charge in [0.2, 0.25) is 11.8 Å². The molecule has 262 valence electrons. The van der Waals surface area contributed by atoms with Crippen molar-refractivity contribution in [3.8, 4) is 34.2 Å². The summed E-state index contributed by atoms with van der Waals surface area (Å²) in [4.78, 5) is 73.0. The molecule has 1 atom stereocenters. The average Bonchev–Trinajstić information content (AvgIpc) is 3.62. The first-order valence-electron chi connectivity index (χ1n) is 17.2. The summed E-state index contributed by atoms with van der Waals surface area (Å²) in [6.45, 7) is 0.544. The first kappa shape index (κ1) is 33.3. The molecule has 0 radical (unpaired) electrons. The zero-order chi connectivity index (χ0) is 36.8. The van der Waals surface area contributed by atoms with E-state index in [2.05, 4.69) is 27.5 Å². The van der Waals surface area contributed by atoms with E-state index in [9.17, 15) is 24.0 Å². The fraction of sp³-hybridized carbons (Fsp3) is 0.195. The van der Waals surface area contributed by atoms with Gasteiger partial charge in [-0.05, 0) is 71.0 Å². The van der Waals surface area contributed by atoms with Gasteiger partial charge in [0.25, 0.3) is 11.8 Å². The molecule has 0 bridgehead atoms. The van der Waals surface area contributed by atoms with Crippen molar-refractivity contribution in [1.29, 1.82) is 0 Å². The van der Waals surface area contributed by atoms with E-state index >= 15 is 0 Å². The number of benzene rings is 3. The molecule has 1 saturated heterocycles. The lowest BCUT2D eigenvalue weighted by atomic mass is 9.98. The van der Waals surface area contributed by atoms with Crippen LogP contribution in [-0.4, -0.2) is 60.2 Å². The van der Waals surface area contributed by atoms with Crippen LogP contribution in [0.15, 0.2) is 90.0 Å². The van der Waals surface area contributed by atoms with Gasteiger partial charge in [0.1, 0.15) is 11.7 Å². The highest BCUT2D eigenvalue weighted by atomic mass is 16.2. The largest absolute Gasteiger partial charge is 0.350 e. The summed E-state index contributed by atoms with van der Waals surface area (Å²) in [5.41, 5.74) is 7.35. The second-order valence-corrected chi connectivity index (χ2v) is 13.2. The van der Waals surface area contributed by atoms with Crippen LogP contribution in [0.2, 0.25) is 0 Å². The van der Waals surface area contributed by atoms with Crippen molar-refractivity contribution < 1.29 is 19.2 Å². The zero-order valence-electron chi connectivity index (χ0n) is 29.0. The van der Waals surface area contributed by atoms with E-state index < -0.39 is 11.9 Å². The number of aryl methyl sites for hydroxylation is 2. The third-order valence-corrected chi connectivity index (χ3v) is 9.98. The number of hydrogen-bond donors (Lipinski definition) is 2. The first-order valence-corrected chi connectivity index (χ1v) is 17.2. The van der Waals surface area contributed by atoms with Crippen molar-refractivity contribution in [3.63, 3.8) is 0 Å². The molecule has 2 aliphatic rings. The second-order valence-electron chi connectivity index (χ2n) is 13.2. The van der Waals surface area contributed by atoms with E-state index in [4.69, 9.17) is 4.98 Å². The molecule has 8 rings (SSSR count). The molecule has 53 heavy (non-hydrogen) atoms. The van der Waals surface area contributed by atoms with E-state index in [0.717, 1.165) is 49.8 Å². The Kier molecular flexibility index (Phi) is 8.39. The molecular weight excluding hydrogens is 670 g/mol.